The Bertz CT molecular complexity index is 365. The average molecular weight is 245 g/mol. The fourth-order valence-corrected chi connectivity index (χ4v) is 1.55. The smallest absolute Gasteiger partial charge is 0.324 e. The number of hydrogen-bond acceptors (Lipinski definition) is 1. The van der Waals surface area contributed by atoms with Crippen LogP contribution in [0.3, 0.4) is 0 Å². The summed E-state index contributed by atoms with van der Waals surface area (Å²) < 4.78 is 37.2. The molecule has 4 heteroatoms. The first-order chi connectivity index (χ1) is 7.68. The molecule has 0 aromatic heterocycles. The van der Waals surface area contributed by atoms with Crippen LogP contribution < -0.4 is 5.73 Å². The van der Waals surface area contributed by atoms with Crippen molar-refractivity contribution in [3.8, 4) is 0 Å². The van der Waals surface area contributed by atoms with Crippen molar-refractivity contribution in [3.05, 3.63) is 35.4 Å². The number of benzene rings is 1. The minimum atomic E-state index is -4.29. The van der Waals surface area contributed by atoms with Gasteiger partial charge >= 0.3 is 6.18 Å². The summed E-state index contributed by atoms with van der Waals surface area (Å²) in [6, 6.07) is 4.84. The van der Waals surface area contributed by atoms with E-state index in [1.807, 2.05) is 20.8 Å². The molecule has 2 N–H and O–H groups in total. The molecule has 1 aromatic rings. The third-order valence-electron chi connectivity index (χ3n) is 3.35. The molecule has 1 nitrogen and oxygen atoms in total. The van der Waals surface area contributed by atoms with Crippen LogP contribution in [0.1, 0.15) is 44.4 Å². The van der Waals surface area contributed by atoms with Crippen molar-refractivity contribution in [3.63, 3.8) is 0 Å². The maximum absolute atomic E-state index is 12.4. The van der Waals surface area contributed by atoms with Crippen molar-refractivity contribution in [1.82, 2.24) is 0 Å². The third-order valence-corrected chi connectivity index (χ3v) is 3.35. The van der Waals surface area contributed by atoms with Crippen molar-refractivity contribution in [1.29, 1.82) is 0 Å². The van der Waals surface area contributed by atoms with Gasteiger partial charge in [0.1, 0.15) is 0 Å². The Balaban J connectivity index is 2.96. The predicted octanol–water partition coefficient (Wildman–Crippen LogP) is 4.14. The van der Waals surface area contributed by atoms with E-state index in [-0.39, 0.29) is 11.5 Å². The van der Waals surface area contributed by atoms with E-state index in [1.54, 1.807) is 0 Å². The van der Waals surface area contributed by atoms with Crippen LogP contribution >= 0.6 is 0 Å². The van der Waals surface area contributed by atoms with E-state index < -0.39 is 11.7 Å². The van der Waals surface area contributed by atoms with Crippen LogP contribution in [0.15, 0.2) is 24.3 Å². The summed E-state index contributed by atoms with van der Waals surface area (Å²) in [6.07, 6.45) is -3.42. The highest BCUT2D eigenvalue weighted by Gasteiger charge is 2.31. The van der Waals surface area contributed by atoms with Crippen LogP contribution in [-0.2, 0) is 6.18 Å². The molecule has 17 heavy (non-hydrogen) atoms. The lowest BCUT2D eigenvalue weighted by molar-refractivity contribution is -0.137. The number of nitrogens with two attached hydrogens (primary N) is 1. The zero-order valence-corrected chi connectivity index (χ0v) is 10.3. The SMILES string of the molecule is CCC(C)(C)C(N)c1ccc(C(F)(F)F)cc1. The van der Waals surface area contributed by atoms with Crippen LogP contribution in [0.25, 0.3) is 0 Å². The lowest BCUT2D eigenvalue weighted by Crippen LogP contribution is -2.28. The molecular formula is C13H18F3N. The van der Waals surface area contributed by atoms with E-state index in [0.29, 0.717) is 0 Å². The number of alkyl halides is 3. The highest BCUT2D eigenvalue weighted by atomic mass is 19.4. The van der Waals surface area contributed by atoms with Gasteiger partial charge in [0.05, 0.1) is 5.56 Å². The van der Waals surface area contributed by atoms with Crippen LogP contribution in [0, 0.1) is 5.41 Å². The molecule has 0 spiro atoms. The van der Waals surface area contributed by atoms with Crippen LogP contribution in [-0.4, -0.2) is 0 Å². The fourth-order valence-electron chi connectivity index (χ4n) is 1.55. The zero-order chi connectivity index (χ0) is 13.3. The van der Waals surface area contributed by atoms with Crippen LogP contribution in [0.5, 0.6) is 0 Å². The van der Waals surface area contributed by atoms with Gasteiger partial charge in [0.15, 0.2) is 0 Å². The second-order valence-electron chi connectivity index (χ2n) is 4.94. The summed E-state index contributed by atoms with van der Waals surface area (Å²) in [6.45, 7) is 6.04. The average Bonchev–Trinajstić information content (AvgIpc) is 2.27. The van der Waals surface area contributed by atoms with Gasteiger partial charge in [0.25, 0.3) is 0 Å². The monoisotopic (exact) mass is 245 g/mol. The third kappa shape index (κ3) is 3.22. The Kier molecular flexibility index (Phi) is 3.87. The summed E-state index contributed by atoms with van der Waals surface area (Å²) in [4.78, 5) is 0. The zero-order valence-electron chi connectivity index (χ0n) is 10.3. The van der Waals surface area contributed by atoms with Gasteiger partial charge in [-0.2, -0.15) is 13.2 Å². The first kappa shape index (κ1) is 14.0. The molecule has 0 fully saturated rings. The molecule has 0 saturated heterocycles. The molecule has 1 unspecified atom stereocenters. The lowest BCUT2D eigenvalue weighted by Gasteiger charge is -2.30. The van der Waals surface area contributed by atoms with Gasteiger partial charge in [-0.1, -0.05) is 32.9 Å². The summed E-state index contributed by atoms with van der Waals surface area (Å²) in [5.74, 6) is 0. The van der Waals surface area contributed by atoms with Gasteiger partial charge in [-0.15, -0.1) is 0 Å². The van der Waals surface area contributed by atoms with E-state index in [9.17, 15) is 13.2 Å². The van der Waals surface area contributed by atoms with Gasteiger partial charge in [0, 0.05) is 6.04 Å². The molecule has 0 aliphatic carbocycles. The molecule has 1 rings (SSSR count). The van der Waals surface area contributed by atoms with Crippen molar-refractivity contribution in [2.45, 2.75) is 39.4 Å². The Morgan fingerprint density at radius 2 is 1.59 bits per heavy atom. The Morgan fingerprint density at radius 3 is 1.94 bits per heavy atom. The van der Waals surface area contributed by atoms with Crippen molar-refractivity contribution >= 4 is 0 Å². The van der Waals surface area contributed by atoms with Gasteiger partial charge in [-0.25, -0.2) is 0 Å². The van der Waals surface area contributed by atoms with Gasteiger partial charge in [0.2, 0.25) is 0 Å². The van der Waals surface area contributed by atoms with Gasteiger partial charge in [-0.05, 0) is 29.5 Å². The van der Waals surface area contributed by atoms with E-state index in [0.717, 1.165) is 24.1 Å². The number of rotatable bonds is 3. The molecule has 0 heterocycles. The van der Waals surface area contributed by atoms with Crippen molar-refractivity contribution in [2.75, 3.05) is 0 Å². The van der Waals surface area contributed by atoms with E-state index >= 15 is 0 Å². The summed E-state index contributed by atoms with van der Waals surface area (Å²) >= 11 is 0. The van der Waals surface area contributed by atoms with Gasteiger partial charge < -0.3 is 5.73 Å². The molecule has 0 amide bonds. The Morgan fingerprint density at radius 1 is 1.12 bits per heavy atom. The second kappa shape index (κ2) is 4.69. The predicted molar refractivity (Wildman–Crippen MR) is 62.4 cm³/mol. The van der Waals surface area contributed by atoms with Crippen molar-refractivity contribution in [2.24, 2.45) is 11.1 Å². The maximum Gasteiger partial charge on any atom is 0.416 e. The maximum atomic E-state index is 12.4. The van der Waals surface area contributed by atoms with E-state index in [4.69, 9.17) is 5.73 Å². The topological polar surface area (TPSA) is 26.0 Å². The van der Waals surface area contributed by atoms with Crippen molar-refractivity contribution < 1.29 is 13.2 Å². The van der Waals surface area contributed by atoms with Crippen LogP contribution in [0.2, 0.25) is 0 Å². The number of hydrogen-bond donors (Lipinski definition) is 1. The Hall–Kier alpha value is -1.03. The molecule has 0 aliphatic heterocycles. The summed E-state index contributed by atoms with van der Waals surface area (Å²) in [5.41, 5.74) is 6.04. The fraction of sp³-hybridized carbons (Fsp3) is 0.538. The second-order valence-corrected chi connectivity index (χ2v) is 4.94. The van der Waals surface area contributed by atoms with E-state index in [2.05, 4.69) is 0 Å². The summed E-state index contributed by atoms with van der Waals surface area (Å²) in [5, 5.41) is 0. The normalized spacial score (nSPS) is 14.8. The minimum absolute atomic E-state index is 0.125. The standard InChI is InChI=1S/C13H18F3N/c1-4-12(2,3)11(17)9-5-7-10(8-6-9)13(14,15)16/h5-8,11H,4,17H2,1-3H3. The highest BCUT2D eigenvalue weighted by Crippen LogP contribution is 2.35. The molecule has 0 radical (unpaired) electrons. The van der Waals surface area contributed by atoms with Gasteiger partial charge in [-0.3, -0.25) is 0 Å². The molecular weight excluding hydrogens is 227 g/mol. The first-order valence-corrected chi connectivity index (χ1v) is 5.61. The molecule has 0 aliphatic rings. The molecule has 0 saturated carbocycles. The minimum Gasteiger partial charge on any atom is -0.324 e. The van der Waals surface area contributed by atoms with Crippen LogP contribution in [0.4, 0.5) is 13.2 Å². The lowest BCUT2D eigenvalue weighted by atomic mass is 9.79. The molecule has 96 valence electrons. The van der Waals surface area contributed by atoms with E-state index in [1.165, 1.54) is 12.1 Å². The largest absolute Gasteiger partial charge is 0.416 e. The Labute approximate surface area is 99.8 Å². The highest BCUT2D eigenvalue weighted by molar-refractivity contribution is 5.27. The quantitative estimate of drug-likeness (QED) is 0.850. The summed E-state index contributed by atoms with van der Waals surface area (Å²) in [7, 11) is 0. The molecule has 1 aromatic carbocycles. The molecule has 1 atom stereocenters. The number of halogens is 3. The first-order valence-electron chi connectivity index (χ1n) is 5.61. The molecule has 0 bridgehead atoms.